The third-order valence-electron chi connectivity index (χ3n) is 4.70. The van der Waals surface area contributed by atoms with Gasteiger partial charge in [0.15, 0.2) is 0 Å². The van der Waals surface area contributed by atoms with Gasteiger partial charge < -0.3 is 20.1 Å². The predicted octanol–water partition coefficient (Wildman–Crippen LogP) is 2.00. The van der Waals surface area contributed by atoms with Crippen LogP contribution in [-0.2, 0) is 6.42 Å². The Morgan fingerprint density at radius 2 is 2.08 bits per heavy atom. The number of carbonyl (C=O) groups is 1. The van der Waals surface area contributed by atoms with E-state index < -0.39 is 5.97 Å². The van der Waals surface area contributed by atoms with Crippen LogP contribution in [0.3, 0.4) is 0 Å². The average Bonchev–Trinajstić information content (AvgIpc) is 3.06. The standard InChI is InChI=1S/C18H20N4O3/c23-18(24)13-1-2-15-12(9-13)5-8-22(15)16-10-17(21-11-20-16)25-14-3-6-19-7-4-14/h1-2,9-11,14,19H,3-8H2,(H,23,24). The van der Waals surface area contributed by atoms with E-state index in [4.69, 9.17) is 9.84 Å². The zero-order valence-corrected chi connectivity index (χ0v) is 13.8. The summed E-state index contributed by atoms with van der Waals surface area (Å²) in [6, 6.07) is 7.09. The molecular weight excluding hydrogens is 320 g/mol. The number of fused-ring (bicyclic) bond motifs is 1. The van der Waals surface area contributed by atoms with Crippen molar-refractivity contribution in [2.45, 2.75) is 25.4 Å². The van der Waals surface area contributed by atoms with E-state index in [0.29, 0.717) is 11.4 Å². The number of nitrogens with zero attached hydrogens (tertiary/aromatic N) is 3. The van der Waals surface area contributed by atoms with Gasteiger partial charge in [0.25, 0.3) is 0 Å². The maximum atomic E-state index is 11.1. The van der Waals surface area contributed by atoms with E-state index in [0.717, 1.165) is 56.0 Å². The molecule has 0 saturated carbocycles. The molecule has 0 amide bonds. The summed E-state index contributed by atoms with van der Waals surface area (Å²) in [5, 5.41) is 12.5. The van der Waals surface area contributed by atoms with E-state index in [-0.39, 0.29) is 6.10 Å². The van der Waals surface area contributed by atoms with Gasteiger partial charge in [0, 0.05) is 18.3 Å². The Morgan fingerprint density at radius 1 is 1.24 bits per heavy atom. The summed E-state index contributed by atoms with van der Waals surface area (Å²) in [6.07, 6.45) is 4.46. The van der Waals surface area contributed by atoms with Gasteiger partial charge in [-0.2, -0.15) is 0 Å². The van der Waals surface area contributed by atoms with E-state index in [1.807, 2.05) is 12.1 Å². The molecule has 0 spiro atoms. The molecule has 7 heteroatoms. The number of piperidine rings is 1. The van der Waals surface area contributed by atoms with Crippen LogP contribution in [0.2, 0.25) is 0 Å². The largest absolute Gasteiger partial charge is 0.478 e. The summed E-state index contributed by atoms with van der Waals surface area (Å²) in [5.74, 6) is 0.467. The Bertz CT molecular complexity index is 790. The summed E-state index contributed by atoms with van der Waals surface area (Å²) in [5.41, 5.74) is 2.34. The lowest BCUT2D eigenvalue weighted by Gasteiger charge is -2.24. The zero-order chi connectivity index (χ0) is 17.2. The number of aromatic carboxylic acids is 1. The second-order valence-electron chi connectivity index (χ2n) is 6.33. The van der Waals surface area contributed by atoms with Crippen molar-refractivity contribution in [3.63, 3.8) is 0 Å². The van der Waals surface area contributed by atoms with Crippen LogP contribution in [0, 0.1) is 0 Å². The van der Waals surface area contributed by atoms with Gasteiger partial charge in [-0.15, -0.1) is 0 Å². The van der Waals surface area contributed by atoms with Crippen molar-refractivity contribution < 1.29 is 14.6 Å². The molecular formula is C18H20N4O3. The predicted molar refractivity (Wildman–Crippen MR) is 92.7 cm³/mol. The smallest absolute Gasteiger partial charge is 0.335 e. The molecule has 0 bridgehead atoms. The Morgan fingerprint density at radius 3 is 2.88 bits per heavy atom. The molecule has 4 rings (SSSR count). The first-order valence-corrected chi connectivity index (χ1v) is 8.54. The minimum Gasteiger partial charge on any atom is -0.478 e. The monoisotopic (exact) mass is 340 g/mol. The van der Waals surface area contributed by atoms with Gasteiger partial charge >= 0.3 is 5.97 Å². The molecule has 3 heterocycles. The third-order valence-corrected chi connectivity index (χ3v) is 4.70. The van der Waals surface area contributed by atoms with Gasteiger partial charge in [-0.05, 0) is 56.1 Å². The fraction of sp³-hybridized carbons (Fsp3) is 0.389. The van der Waals surface area contributed by atoms with E-state index in [9.17, 15) is 4.79 Å². The SMILES string of the molecule is O=C(O)c1ccc2c(c1)CCN2c1cc(OC2CCNCC2)ncn1. The van der Waals surface area contributed by atoms with Crippen molar-refractivity contribution >= 4 is 17.5 Å². The van der Waals surface area contributed by atoms with Gasteiger partial charge in [-0.25, -0.2) is 14.8 Å². The fourth-order valence-corrected chi connectivity index (χ4v) is 3.40. The molecule has 2 aliphatic heterocycles. The molecule has 2 aromatic rings. The van der Waals surface area contributed by atoms with Crippen molar-refractivity contribution in [2.24, 2.45) is 0 Å². The number of aromatic nitrogens is 2. The molecule has 130 valence electrons. The highest BCUT2D eigenvalue weighted by atomic mass is 16.5. The number of rotatable bonds is 4. The molecule has 1 aromatic heterocycles. The number of carboxylic acid groups (broad SMARTS) is 1. The number of ether oxygens (including phenoxy) is 1. The lowest BCUT2D eigenvalue weighted by molar-refractivity contribution is 0.0697. The first kappa shape index (κ1) is 15.8. The quantitative estimate of drug-likeness (QED) is 0.880. The molecule has 0 aliphatic carbocycles. The van der Waals surface area contributed by atoms with E-state index in [1.165, 1.54) is 6.33 Å². The fourth-order valence-electron chi connectivity index (χ4n) is 3.40. The third kappa shape index (κ3) is 3.28. The molecule has 7 nitrogen and oxygen atoms in total. The second kappa shape index (κ2) is 6.68. The highest BCUT2D eigenvalue weighted by Crippen LogP contribution is 2.34. The van der Waals surface area contributed by atoms with Crippen molar-refractivity contribution in [3.8, 4) is 5.88 Å². The van der Waals surface area contributed by atoms with Crippen LogP contribution in [0.15, 0.2) is 30.6 Å². The molecule has 1 fully saturated rings. The van der Waals surface area contributed by atoms with Crippen molar-refractivity contribution in [1.82, 2.24) is 15.3 Å². The molecule has 2 aliphatic rings. The summed E-state index contributed by atoms with van der Waals surface area (Å²) in [4.78, 5) is 21.8. The summed E-state index contributed by atoms with van der Waals surface area (Å²) in [7, 11) is 0. The Hall–Kier alpha value is -2.67. The van der Waals surface area contributed by atoms with Gasteiger partial charge in [0.05, 0.1) is 5.56 Å². The van der Waals surface area contributed by atoms with Crippen LogP contribution in [0.1, 0.15) is 28.8 Å². The summed E-state index contributed by atoms with van der Waals surface area (Å²) >= 11 is 0. The highest BCUT2D eigenvalue weighted by molar-refractivity contribution is 5.89. The minimum atomic E-state index is -0.902. The van der Waals surface area contributed by atoms with Gasteiger partial charge in [-0.1, -0.05) is 0 Å². The number of anilines is 2. The van der Waals surface area contributed by atoms with Crippen molar-refractivity contribution in [3.05, 3.63) is 41.7 Å². The lowest BCUT2D eigenvalue weighted by Crippen LogP contribution is -2.34. The van der Waals surface area contributed by atoms with Crippen molar-refractivity contribution in [1.29, 1.82) is 0 Å². The maximum Gasteiger partial charge on any atom is 0.335 e. The minimum absolute atomic E-state index is 0.188. The molecule has 1 aromatic carbocycles. The first-order valence-electron chi connectivity index (χ1n) is 8.54. The van der Waals surface area contributed by atoms with Gasteiger partial charge in [0.2, 0.25) is 5.88 Å². The number of hydrogen-bond acceptors (Lipinski definition) is 6. The highest BCUT2D eigenvalue weighted by Gasteiger charge is 2.23. The summed E-state index contributed by atoms with van der Waals surface area (Å²) in [6.45, 7) is 2.70. The topological polar surface area (TPSA) is 87.6 Å². The second-order valence-corrected chi connectivity index (χ2v) is 6.33. The molecule has 0 unspecified atom stereocenters. The van der Waals surface area contributed by atoms with E-state index in [1.54, 1.807) is 12.1 Å². The van der Waals surface area contributed by atoms with Crippen LogP contribution in [0.4, 0.5) is 11.5 Å². The Kier molecular flexibility index (Phi) is 4.23. The van der Waals surface area contributed by atoms with Crippen LogP contribution in [0.5, 0.6) is 5.88 Å². The van der Waals surface area contributed by atoms with Crippen molar-refractivity contribution in [2.75, 3.05) is 24.5 Å². The summed E-state index contributed by atoms with van der Waals surface area (Å²) < 4.78 is 6.00. The van der Waals surface area contributed by atoms with Crippen LogP contribution in [0.25, 0.3) is 0 Å². The normalized spacial score (nSPS) is 17.4. The average molecular weight is 340 g/mol. The van der Waals surface area contributed by atoms with Gasteiger partial charge in [-0.3, -0.25) is 0 Å². The lowest BCUT2D eigenvalue weighted by atomic mass is 10.1. The van der Waals surface area contributed by atoms with Crippen LogP contribution in [-0.4, -0.2) is 46.8 Å². The van der Waals surface area contributed by atoms with Gasteiger partial charge in [0.1, 0.15) is 18.2 Å². The molecule has 1 saturated heterocycles. The molecule has 0 atom stereocenters. The number of carboxylic acids is 1. The zero-order valence-electron chi connectivity index (χ0n) is 13.8. The first-order chi connectivity index (χ1) is 12.2. The Balaban J connectivity index is 1.55. The molecule has 2 N–H and O–H groups in total. The number of nitrogens with one attached hydrogen (secondary N) is 1. The van der Waals surface area contributed by atoms with Crippen LogP contribution >= 0.6 is 0 Å². The number of hydrogen-bond donors (Lipinski definition) is 2. The number of benzene rings is 1. The maximum absolute atomic E-state index is 11.1. The van der Waals surface area contributed by atoms with E-state index >= 15 is 0 Å². The molecule has 25 heavy (non-hydrogen) atoms. The van der Waals surface area contributed by atoms with E-state index in [2.05, 4.69) is 20.2 Å². The van der Waals surface area contributed by atoms with Crippen LogP contribution < -0.4 is 15.0 Å². The molecule has 0 radical (unpaired) electrons. The Labute approximate surface area is 145 Å².